The summed E-state index contributed by atoms with van der Waals surface area (Å²) in [4.78, 5) is 11.6. The van der Waals surface area contributed by atoms with Crippen molar-refractivity contribution in [2.75, 3.05) is 5.32 Å². The Hall–Kier alpha value is -1.26. The fourth-order valence-electron chi connectivity index (χ4n) is 2.90. The number of anilines is 1. The van der Waals surface area contributed by atoms with Gasteiger partial charge < -0.3 is 15.8 Å². The summed E-state index contributed by atoms with van der Waals surface area (Å²) < 4.78 is 6.01. The van der Waals surface area contributed by atoms with E-state index in [1.54, 1.807) is 12.1 Å². The third-order valence-electron chi connectivity index (χ3n) is 4.24. The number of hydrogen-bond acceptors (Lipinski definition) is 3. The maximum atomic E-state index is 11.6. The van der Waals surface area contributed by atoms with Crippen LogP contribution in [0.15, 0.2) is 12.1 Å². The van der Waals surface area contributed by atoms with Crippen molar-refractivity contribution < 1.29 is 9.53 Å². The molecule has 0 radical (unpaired) electrons. The third-order valence-corrected chi connectivity index (χ3v) is 4.53. The molecule has 1 saturated carbocycles. The molecule has 3 N–H and O–H groups in total. The van der Waals surface area contributed by atoms with Gasteiger partial charge in [-0.2, -0.15) is 0 Å². The van der Waals surface area contributed by atoms with E-state index in [-0.39, 0.29) is 12.0 Å². The van der Waals surface area contributed by atoms with E-state index < -0.39 is 6.04 Å². The molecule has 1 heterocycles. The van der Waals surface area contributed by atoms with Gasteiger partial charge in [0.1, 0.15) is 11.8 Å². The lowest BCUT2D eigenvalue weighted by molar-refractivity contribution is -0.116. The summed E-state index contributed by atoms with van der Waals surface area (Å²) in [5.41, 5.74) is 7.25. The van der Waals surface area contributed by atoms with Crippen molar-refractivity contribution in [3.05, 3.63) is 22.7 Å². The molecule has 1 unspecified atom stereocenters. The highest BCUT2D eigenvalue weighted by molar-refractivity contribution is 6.32. The number of halogens is 1. The normalized spacial score (nSPS) is 28.9. The smallest absolute Gasteiger partial charge is 0.245 e. The van der Waals surface area contributed by atoms with Crippen molar-refractivity contribution in [3.8, 4) is 5.75 Å². The minimum absolute atomic E-state index is 0.195. The molecule has 1 aromatic carbocycles. The molecule has 1 amide bonds. The molecule has 1 aliphatic heterocycles. The maximum Gasteiger partial charge on any atom is 0.245 e. The maximum absolute atomic E-state index is 11.6. The van der Waals surface area contributed by atoms with E-state index >= 15 is 0 Å². The number of amides is 1. The minimum atomic E-state index is -0.632. The molecule has 0 saturated heterocycles. The first-order valence-electron chi connectivity index (χ1n) is 7.11. The number of carbonyl (C=O) groups is 1. The predicted octanol–water partition coefficient (Wildman–Crippen LogP) is 3.25. The lowest BCUT2D eigenvalue weighted by atomic mass is 9.89. The zero-order valence-corrected chi connectivity index (χ0v) is 12.2. The van der Waals surface area contributed by atoms with Gasteiger partial charge in [-0.05, 0) is 37.7 Å². The van der Waals surface area contributed by atoms with Gasteiger partial charge in [0.2, 0.25) is 5.91 Å². The standard InChI is InChI=1S/C15H19ClN2O2/c1-8-2-4-9(5-3-8)20-13-7-12-10(6-11(13)16)14(17)15(19)18-12/h6-9,14H,2-5,17H2,1H3,(H,18,19). The summed E-state index contributed by atoms with van der Waals surface area (Å²) in [6, 6.07) is 2.90. The Morgan fingerprint density at radius 1 is 1.30 bits per heavy atom. The van der Waals surface area contributed by atoms with Gasteiger partial charge in [0.15, 0.2) is 0 Å². The van der Waals surface area contributed by atoms with E-state index in [1.807, 2.05) is 0 Å². The molecule has 0 aromatic heterocycles. The molecule has 5 heteroatoms. The Bertz CT molecular complexity index is 539. The zero-order chi connectivity index (χ0) is 14.3. The van der Waals surface area contributed by atoms with Crippen LogP contribution in [0.4, 0.5) is 5.69 Å². The fourth-order valence-corrected chi connectivity index (χ4v) is 3.12. The van der Waals surface area contributed by atoms with Crippen molar-refractivity contribution >= 4 is 23.2 Å². The van der Waals surface area contributed by atoms with Crippen LogP contribution in [-0.2, 0) is 4.79 Å². The fraction of sp³-hybridized carbons (Fsp3) is 0.533. The molecule has 0 bridgehead atoms. The van der Waals surface area contributed by atoms with Crippen molar-refractivity contribution in [1.29, 1.82) is 0 Å². The van der Waals surface area contributed by atoms with E-state index in [4.69, 9.17) is 22.1 Å². The Labute approximate surface area is 123 Å². The summed E-state index contributed by atoms with van der Waals surface area (Å²) in [7, 11) is 0. The number of carbonyl (C=O) groups excluding carboxylic acids is 1. The van der Waals surface area contributed by atoms with Crippen LogP contribution >= 0.6 is 11.6 Å². The highest BCUT2D eigenvalue weighted by atomic mass is 35.5. The molecule has 1 fully saturated rings. The van der Waals surface area contributed by atoms with Gasteiger partial charge in [-0.3, -0.25) is 4.79 Å². The van der Waals surface area contributed by atoms with Gasteiger partial charge in [0, 0.05) is 17.3 Å². The lowest BCUT2D eigenvalue weighted by Crippen LogP contribution is -2.23. The molecule has 108 valence electrons. The van der Waals surface area contributed by atoms with E-state index in [0.717, 1.165) is 24.3 Å². The highest BCUT2D eigenvalue weighted by Gasteiger charge is 2.29. The monoisotopic (exact) mass is 294 g/mol. The van der Waals surface area contributed by atoms with Crippen molar-refractivity contribution in [2.24, 2.45) is 11.7 Å². The predicted molar refractivity (Wildman–Crippen MR) is 79.1 cm³/mol. The largest absolute Gasteiger partial charge is 0.489 e. The van der Waals surface area contributed by atoms with Crippen LogP contribution < -0.4 is 15.8 Å². The Morgan fingerprint density at radius 3 is 2.70 bits per heavy atom. The number of benzene rings is 1. The average molecular weight is 295 g/mol. The van der Waals surface area contributed by atoms with Crippen LogP contribution in [0.3, 0.4) is 0 Å². The van der Waals surface area contributed by atoms with Gasteiger partial charge in [-0.1, -0.05) is 18.5 Å². The first-order valence-corrected chi connectivity index (χ1v) is 7.49. The Morgan fingerprint density at radius 2 is 2.00 bits per heavy atom. The third kappa shape index (κ3) is 2.50. The summed E-state index contributed by atoms with van der Waals surface area (Å²) >= 11 is 6.25. The summed E-state index contributed by atoms with van der Waals surface area (Å²) in [5, 5.41) is 3.28. The van der Waals surface area contributed by atoms with Crippen LogP contribution in [0.5, 0.6) is 5.75 Å². The average Bonchev–Trinajstić information content (AvgIpc) is 2.69. The molecule has 4 nitrogen and oxygen atoms in total. The Kier molecular flexibility index (Phi) is 3.61. The molecular formula is C15H19ClN2O2. The molecule has 1 aromatic rings. The van der Waals surface area contributed by atoms with Crippen molar-refractivity contribution in [3.63, 3.8) is 0 Å². The number of rotatable bonds is 2. The molecule has 0 spiro atoms. The highest BCUT2D eigenvalue weighted by Crippen LogP contribution is 2.39. The van der Waals surface area contributed by atoms with Crippen molar-refractivity contribution in [2.45, 2.75) is 44.8 Å². The Balaban J connectivity index is 1.78. The summed E-state index contributed by atoms with van der Waals surface area (Å²) in [6.07, 6.45) is 4.71. The first kappa shape index (κ1) is 13.7. The second-order valence-electron chi connectivity index (χ2n) is 5.84. The quantitative estimate of drug-likeness (QED) is 0.880. The molecule has 2 aliphatic rings. The van der Waals surface area contributed by atoms with Crippen LogP contribution in [0.2, 0.25) is 5.02 Å². The van der Waals surface area contributed by atoms with Gasteiger partial charge >= 0.3 is 0 Å². The molecule has 1 aliphatic carbocycles. The van der Waals surface area contributed by atoms with Gasteiger partial charge in [-0.15, -0.1) is 0 Å². The number of hydrogen-bond donors (Lipinski definition) is 2. The SMILES string of the molecule is CC1CCC(Oc2cc3c(cc2Cl)C(N)C(=O)N3)CC1. The van der Waals surface area contributed by atoms with Gasteiger partial charge in [0.25, 0.3) is 0 Å². The number of nitrogens with one attached hydrogen (secondary N) is 1. The number of fused-ring (bicyclic) bond motifs is 1. The minimum Gasteiger partial charge on any atom is -0.489 e. The van der Waals surface area contributed by atoms with E-state index in [9.17, 15) is 4.79 Å². The molecule has 1 atom stereocenters. The van der Waals surface area contributed by atoms with Gasteiger partial charge in [-0.25, -0.2) is 0 Å². The van der Waals surface area contributed by atoms with Crippen LogP contribution in [0.1, 0.15) is 44.2 Å². The van der Waals surface area contributed by atoms with E-state index in [2.05, 4.69) is 12.2 Å². The van der Waals surface area contributed by atoms with Gasteiger partial charge in [0.05, 0.1) is 11.1 Å². The second kappa shape index (κ2) is 5.26. The molecule has 3 rings (SSSR count). The van der Waals surface area contributed by atoms with Crippen molar-refractivity contribution in [1.82, 2.24) is 0 Å². The number of nitrogens with two attached hydrogens (primary N) is 1. The summed E-state index contributed by atoms with van der Waals surface area (Å²) in [5.74, 6) is 1.22. The van der Waals surface area contributed by atoms with E-state index in [0.29, 0.717) is 16.5 Å². The number of ether oxygens (including phenoxy) is 1. The van der Waals surface area contributed by atoms with Crippen LogP contribution in [-0.4, -0.2) is 12.0 Å². The second-order valence-corrected chi connectivity index (χ2v) is 6.24. The summed E-state index contributed by atoms with van der Waals surface area (Å²) in [6.45, 7) is 2.27. The van der Waals surface area contributed by atoms with Crippen LogP contribution in [0, 0.1) is 5.92 Å². The lowest BCUT2D eigenvalue weighted by Gasteiger charge is -2.27. The topological polar surface area (TPSA) is 64.3 Å². The zero-order valence-electron chi connectivity index (χ0n) is 11.5. The first-order chi connectivity index (χ1) is 9.54. The van der Waals surface area contributed by atoms with E-state index in [1.165, 1.54) is 12.8 Å². The molecule has 20 heavy (non-hydrogen) atoms. The van der Waals surface area contributed by atoms with Crippen LogP contribution in [0.25, 0.3) is 0 Å². The molecular weight excluding hydrogens is 276 g/mol.